The molecule has 1 amide bonds. The minimum absolute atomic E-state index is 0.0537. The molecule has 0 N–H and O–H groups in total. The van der Waals surface area contributed by atoms with Crippen LogP contribution in [0.2, 0.25) is 0 Å². The fraction of sp³-hybridized carbons (Fsp3) is 0.348. The van der Waals surface area contributed by atoms with Crippen molar-refractivity contribution in [2.75, 3.05) is 9.80 Å². The van der Waals surface area contributed by atoms with Gasteiger partial charge in [-0.1, -0.05) is 37.1 Å². The Kier molecular flexibility index (Phi) is 4.47. The SMILES string of the molecule is [C-]#[N+]c1ccc(N2C(=O)C3(CCCC3C)N(c3ccc(C)cc3)C2=S)cc1C. The molecule has 1 saturated heterocycles. The maximum Gasteiger partial charge on any atom is 0.259 e. The van der Waals surface area contributed by atoms with Crippen molar-refractivity contribution >= 4 is 40.3 Å². The van der Waals surface area contributed by atoms with E-state index in [1.807, 2.05) is 19.1 Å². The van der Waals surface area contributed by atoms with Crippen LogP contribution in [-0.4, -0.2) is 16.6 Å². The van der Waals surface area contributed by atoms with Gasteiger partial charge >= 0.3 is 0 Å². The number of hydrogen-bond acceptors (Lipinski definition) is 2. The van der Waals surface area contributed by atoms with Gasteiger partial charge in [0.25, 0.3) is 5.91 Å². The zero-order valence-electron chi connectivity index (χ0n) is 16.4. The third kappa shape index (κ3) is 2.56. The van der Waals surface area contributed by atoms with Crippen molar-refractivity contribution in [1.29, 1.82) is 0 Å². The van der Waals surface area contributed by atoms with Crippen LogP contribution in [0.3, 0.4) is 0 Å². The summed E-state index contributed by atoms with van der Waals surface area (Å²) < 4.78 is 0. The van der Waals surface area contributed by atoms with Crippen LogP contribution in [0.1, 0.15) is 37.3 Å². The zero-order chi connectivity index (χ0) is 20.1. The first kappa shape index (κ1) is 18.6. The van der Waals surface area contributed by atoms with Gasteiger partial charge in [-0.15, -0.1) is 0 Å². The molecule has 0 radical (unpaired) electrons. The fourth-order valence-electron chi connectivity index (χ4n) is 4.63. The second kappa shape index (κ2) is 6.72. The van der Waals surface area contributed by atoms with Gasteiger partial charge < -0.3 is 4.90 Å². The highest BCUT2D eigenvalue weighted by Crippen LogP contribution is 2.49. The third-order valence-corrected chi connectivity index (χ3v) is 6.58. The molecule has 142 valence electrons. The Bertz CT molecular complexity index is 1010. The van der Waals surface area contributed by atoms with Crippen molar-refractivity contribution in [3.05, 3.63) is 65.0 Å². The Morgan fingerprint density at radius 3 is 2.39 bits per heavy atom. The van der Waals surface area contributed by atoms with Crippen LogP contribution in [0.25, 0.3) is 4.85 Å². The summed E-state index contributed by atoms with van der Waals surface area (Å²) in [6.07, 6.45) is 2.83. The molecule has 4 nitrogen and oxygen atoms in total. The van der Waals surface area contributed by atoms with Crippen molar-refractivity contribution in [3.63, 3.8) is 0 Å². The number of carbonyl (C=O) groups is 1. The second-order valence-electron chi connectivity index (χ2n) is 7.89. The topological polar surface area (TPSA) is 27.9 Å². The molecule has 1 heterocycles. The number of aryl methyl sites for hydroxylation is 2. The predicted octanol–water partition coefficient (Wildman–Crippen LogP) is 5.55. The molecule has 4 rings (SSSR count). The van der Waals surface area contributed by atoms with Gasteiger partial charge in [-0.25, -0.2) is 4.85 Å². The number of thiocarbonyl (C=S) groups is 1. The molecule has 5 heteroatoms. The van der Waals surface area contributed by atoms with E-state index in [2.05, 4.69) is 47.9 Å². The first-order chi connectivity index (χ1) is 13.4. The van der Waals surface area contributed by atoms with E-state index in [1.165, 1.54) is 5.56 Å². The first-order valence-electron chi connectivity index (χ1n) is 9.63. The standard InChI is InChI=1S/C23H23N3OS/c1-15-7-9-18(10-8-15)26-22(28)25(19-11-12-20(24-4)16(2)14-19)21(27)23(26)13-5-6-17(23)3/h7-12,14,17H,5-6,13H2,1-3H3. The van der Waals surface area contributed by atoms with Crippen LogP contribution in [0.15, 0.2) is 42.5 Å². The molecular formula is C23H23N3OS. The maximum absolute atomic E-state index is 13.8. The lowest BCUT2D eigenvalue weighted by Crippen LogP contribution is -2.52. The van der Waals surface area contributed by atoms with Crippen molar-refractivity contribution in [1.82, 2.24) is 0 Å². The smallest absolute Gasteiger partial charge is 0.259 e. The van der Waals surface area contributed by atoms with Gasteiger partial charge in [-0.3, -0.25) is 9.69 Å². The lowest BCUT2D eigenvalue weighted by atomic mass is 9.86. The van der Waals surface area contributed by atoms with E-state index >= 15 is 0 Å². The number of carbonyl (C=O) groups excluding carboxylic acids is 1. The number of nitrogens with zero attached hydrogens (tertiary/aromatic N) is 3. The third-order valence-electron chi connectivity index (χ3n) is 6.22. The summed E-state index contributed by atoms with van der Waals surface area (Å²) in [6, 6.07) is 13.7. The van der Waals surface area contributed by atoms with E-state index in [4.69, 9.17) is 18.8 Å². The van der Waals surface area contributed by atoms with Gasteiger partial charge in [0, 0.05) is 11.4 Å². The number of anilines is 2. The van der Waals surface area contributed by atoms with Gasteiger partial charge in [-0.05, 0) is 74.7 Å². The Morgan fingerprint density at radius 1 is 1.14 bits per heavy atom. The average Bonchev–Trinajstić information content (AvgIpc) is 3.15. The van der Waals surface area contributed by atoms with E-state index in [0.29, 0.717) is 10.8 Å². The van der Waals surface area contributed by atoms with Gasteiger partial charge in [0.1, 0.15) is 5.54 Å². The van der Waals surface area contributed by atoms with Crippen LogP contribution >= 0.6 is 12.2 Å². The van der Waals surface area contributed by atoms with Crippen LogP contribution in [0.4, 0.5) is 17.1 Å². The largest absolute Gasteiger partial charge is 0.303 e. The lowest BCUT2D eigenvalue weighted by molar-refractivity contribution is -0.122. The lowest BCUT2D eigenvalue weighted by Gasteiger charge is -2.36. The molecule has 2 fully saturated rings. The monoisotopic (exact) mass is 389 g/mol. The summed E-state index contributed by atoms with van der Waals surface area (Å²) >= 11 is 5.87. The Morgan fingerprint density at radius 2 is 1.82 bits per heavy atom. The normalized spacial score (nSPS) is 24.3. The molecular weight excluding hydrogens is 366 g/mol. The molecule has 0 bridgehead atoms. The number of benzene rings is 2. The fourth-order valence-corrected chi connectivity index (χ4v) is 5.08. The van der Waals surface area contributed by atoms with Crippen LogP contribution in [0.5, 0.6) is 0 Å². The molecule has 1 saturated carbocycles. The van der Waals surface area contributed by atoms with Gasteiger partial charge in [0.2, 0.25) is 0 Å². The Hall–Kier alpha value is -2.71. The Balaban J connectivity index is 1.86. The minimum Gasteiger partial charge on any atom is -0.303 e. The summed E-state index contributed by atoms with van der Waals surface area (Å²) in [4.78, 5) is 21.1. The molecule has 2 unspecified atom stereocenters. The highest BCUT2D eigenvalue weighted by atomic mass is 32.1. The number of amides is 1. The molecule has 0 aromatic heterocycles. The molecule has 28 heavy (non-hydrogen) atoms. The molecule has 2 atom stereocenters. The van der Waals surface area contributed by atoms with E-state index in [1.54, 1.807) is 11.0 Å². The molecule has 1 aliphatic carbocycles. The van der Waals surface area contributed by atoms with Crippen LogP contribution in [-0.2, 0) is 4.79 Å². The van der Waals surface area contributed by atoms with Crippen molar-refractivity contribution < 1.29 is 4.79 Å². The molecule has 2 aromatic carbocycles. The summed E-state index contributed by atoms with van der Waals surface area (Å²) in [5.74, 6) is 0.269. The van der Waals surface area contributed by atoms with Crippen molar-refractivity contribution in [2.24, 2.45) is 5.92 Å². The summed E-state index contributed by atoms with van der Waals surface area (Å²) in [7, 11) is 0. The molecule has 2 aliphatic rings. The highest BCUT2D eigenvalue weighted by Gasteiger charge is 2.60. The molecule has 1 aliphatic heterocycles. The van der Waals surface area contributed by atoms with E-state index in [0.717, 1.165) is 36.2 Å². The van der Waals surface area contributed by atoms with Crippen LogP contribution in [0, 0.1) is 26.3 Å². The average molecular weight is 390 g/mol. The zero-order valence-corrected chi connectivity index (χ0v) is 17.2. The van der Waals surface area contributed by atoms with Gasteiger partial charge in [0.05, 0.1) is 6.57 Å². The molecule has 1 spiro atoms. The first-order valence-corrected chi connectivity index (χ1v) is 10.0. The Labute approximate surface area is 171 Å². The van der Waals surface area contributed by atoms with Gasteiger partial charge in [-0.2, -0.15) is 0 Å². The molecule has 2 aromatic rings. The summed E-state index contributed by atoms with van der Waals surface area (Å²) in [5, 5.41) is 0.526. The van der Waals surface area contributed by atoms with E-state index < -0.39 is 5.54 Å². The van der Waals surface area contributed by atoms with E-state index in [9.17, 15) is 4.79 Å². The van der Waals surface area contributed by atoms with E-state index in [-0.39, 0.29) is 11.8 Å². The quantitative estimate of drug-likeness (QED) is 0.498. The van der Waals surface area contributed by atoms with Gasteiger partial charge in [0.15, 0.2) is 10.8 Å². The number of hydrogen-bond donors (Lipinski definition) is 0. The minimum atomic E-state index is -0.626. The van der Waals surface area contributed by atoms with Crippen LogP contribution < -0.4 is 9.80 Å². The predicted molar refractivity (Wildman–Crippen MR) is 117 cm³/mol. The highest BCUT2D eigenvalue weighted by molar-refractivity contribution is 7.81. The number of rotatable bonds is 2. The summed E-state index contributed by atoms with van der Waals surface area (Å²) in [6.45, 7) is 13.4. The summed E-state index contributed by atoms with van der Waals surface area (Å²) in [5.41, 5.74) is 3.71. The van der Waals surface area contributed by atoms with Crippen molar-refractivity contribution in [2.45, 2.75) is 45.6 Å². The van der Waals surface area contributed by atoms with Crippen molar-refractivity contribution in [3.8, 4) is 0 Å². The maximum atomic E-state index is 13.8. The second-order valence-corrected chi connectivity index (χ2v) is 8.26.